The van der Waals surface area contributed by atoms with Crippen molar-refractivity contribution in [2.45, 2.75) is 97.0 Å². The van der Waals surface area contributed by atoms with Gasteiger partial charge >= 0.3 is 0 Å². The first-order valence-corrected chi connectivity index (χ1v) is 14.1. The van der Waals surface area contributed by atoms with Crippen molar-refractivity contribution < 1.29 is 14.6 Å². The number of methoxy groups -OCH3 is 1. The fourth-order valence-corrected chi connectivity index (χ4v) is 8.62. The third kappa shape index (κ3) is 4.92. The lowest BCUT2D eigenvalue weighted by atomic mass is 9.44. The number of ether oxygens (including phenoxy) is 1. The molecular weight excluding hydrogens is 432 g/mol. The van der Waals surface area contributed by atoms with Crippen molar-refractivity contribution in [2.24, 2.45) is 34.5 Å². The van der Waals surface area contributed by atoms with Gasteiger partial charge in [-0.25, -0.2) is 0 Å². The second kappa shape index (κ2) is 10.5. The van der Waals surface area contributed by atoms with E-state index in [1.807, 2.05) is 0 Å². The summed E-state index contributed by atoms with van der Waals surface area (Å²) in [6.45, 7) is 6.98. The van der Waals surface area contributed by atoms with Crippen molar-refractivity contribution in [1.82, 2.24) is 0 Å². The fourth-order valence-electron chi connectivity index (χ4n) is 8.62. The minimum absolute atomic E-state index is 0.0541. The molecule has 194 valence electrons. The number of aliphatic hydroxyl groups is 1. The van der Waals surface area contributed by atoms with Gasteiger partial charge in [0.1, 0.15) is 0 Å². The maximum Gasteiger partial charge on any atom is 0.155 e. The van der Waals surface area contributed by atoms with E-state index in [-0.39, 0.29) is 10.8 Å². The lowest BCUT2D eigenvalue weighted by molar-refractivity contribution is -0.135. The highest BCUT2D eigenvalue weighted by Crippen LogP contribution is 2.69. The molecule has 3 heteroatoms. The SMILES string of the molecule is COC.C[C@]12CCC(=O)C=C1C[C@@H](CCCCc1ccccc1)C1C2CC[C@@]2(C)C1CC[C@]2(C)O. The second-order valence-corrected chi connectivity index (χ2v) is 12.7. The van der Waals surface area contributed by atoms with Gasteiger partial charge in [-0.3, -0.25) is 4.79 Å². The Bertz CT molecular complexity index is 903. The van der Waals surface area contributed by atoms with Crippen LogP contribution in [0.4, 0.5) is 0 Å². The number of carbonyl (C=O) groups excluding carboxylic acids is 1. The first-order chi connectivity index (χ1) is 16.7. The van der Waals surface area contributed by atoms with E-state index in [1.54, 1.807) is 14.2 Å². The Kier molecular flexibility index (Phi) is 7.98. The van der Waals surface area contributed by atoms with Crippen LogP contribution in [-0.2, 0) is 16.0 Å². The summed E-state index contributed by atoms with van der Waals surface area (Å²) >= 11 is 0. The topological polar surface area (TPSA) is 46.5 Å². The smallest absolute Gasteiger partial charge is 0.155 e. The maximum atomic E-state index is 12.4. The Hall–Kier alpha value is -1.45. The molecule has 3 saturated carbocycles. The van der Waals surface area contributed by atoms with Crippen molar-refractivity contribution in [3.63, 3.8) is 0 Å². The van der Waals surface area contributed by atoms with Crippen LogP contribution in [0.25, 0.3) is 0 Å². The number of rotatable bonds is 5. The summed E-state index contributed by atoms with van der Waals surface area (Å²) in [7, 11) is 3.25. The summed E-state index contributed by atoms with van der Waals surface area (Å²) < 4.78 is 4.25. The molecule has 4 aliphatic rings. The van der Waals surface area contributed by atoms with Crippen molar-refractivity contribution in [2.75, 3.05) is 14.2 Å². The average Bonchev–Trinajstić information content (AvgIpc) is 3.07. The Balaban J connectivity index is 0.000000917. The van der Waals surface area contributed by atoms with Gasteiger partial charge < -0.3 is 9.84 Å². The predicted molar refractivity (Wildman–Crippen MR) is 143 cm³/mol. The maximum absolute atomic E-state index is 12.4. The van der Waals surface area contributed by atoms with E-state index in [4.69, 9.17) is 0 Å². The zero-order valence-electron chi connectivity index (χ0n) is 22.8. The van der Waals surface area contributed by atoms with Gasteiger partial charge in [0.15, 0.2) is 5.78 Å². The molecule has 3 nitrogen and oxygen atoms in total. The van der Waals surface area contributed by atoms with Gasteiger partial charge in [-0.15, -0.1) is 0 Å². The van der Waals surface area contributed by atoms with Crippen molar-refractivity contribution in [3.8, 4) is 0 Å². The highest BCUT2D eigenvalue weighted by molar-refractivity contribution is 5.91. The molecule has 1 aromatic carbocycles. The minimum Gasteiger partial charge on any atom is -0.390 e. The number of benzene rings is 1. The van der Waals surface area contributed by atoms with E-state index in [0.29, 0.717) is 29.5 Å². The van der Waals surface area contributed by atoms with E-state index < -0.39 is 5.60 Å². The molecule has 0 bridgehead atoms. The molecule has 3 fully saturated rings. The van der Waals surface area contributed by atoms with E-state index in [9.17, 15) is 9.90 Å². The zero-order chi connectivity index (χ0) is 25.3. The van der Waals surface area contributed by atoms with Crippen LogP contribution in [-0.4, -0.2) is 30.7 Å². The van der Waals surface area contributed by atoms with Crippen LogP contribution < -0.4 is 0 Å². The first-order valence-electron chi connectivity index (χ1n) is 14.1. The lowest BCUT2D eigenvalue weighted by Gasteiger charge is -2.61. The molecule has 4 aliphatic carbocycles. The zero-order valence-corrected chi connectivity index (χ0v) is 22.8. The number of ketones is 1. The average molecular weight is 481 g/mol. The van der Waals surface area contributed by atoms with Gasteiger partial charge in [0, 0.05) is 20.6 Å². The molecule has 3 unspecified atom stereocenters. The number of hydrogen-bond donors (Lipinski definition) is 1. The van der Waals surface area contributed by atoms with Crippen molar-refractivity contribution in [3.05, 3.63) is 47.5 Å². The molecule has 0 heterocycles. The van der Waals surface area contributed by atoms with Crippen LogP contribution in [0, 0.1) is 34.5 Å². The normalized spacial score (nSPS) is 40.1. The summed E-state index contributed by atoms with van der Waals surface area (Å²) in [6.07, 6.45) is 14.4. The molecule has 1 N–H and O–H groups in total. The summed E-state index contributed by atoms with van der Waals surface area (Å²) in [6, 6.07) is 10.9. The van der Waals surface area contributed by atoms with Gasteiger partial charge in [0.05, 0.1) is 5.60 Å². The van der Waals surface area contributed by atoms with Crippen LogP contribution in [0.1, 0.15) is 90.5 Å². The Labute approximate surface area is 213 Å². The summed E-state index contributed by atoms with van der Waals surface area (Å²) in [4.78, 5) is 12.4. The van der Waals surface area contributed by atoms with Crippen LogP contribution in [0.15, 0.2) is 42.0 Å². The second-order valence-electron chi connectivity index (χ2n) is 12.7. The summed E-state index contributed by atoms with van der Waals surface area (Å²) in [5.74, 6) is 3.03. The van der Waals surface area contributed by atoms with E-state index >= 15 is 0 Å². The molecule has 0 aromatic heterocycles. The van der Waals surface area contributed by atoms with Crippen LogP contribution in [0.2, 0.25) is 0 Å². The molecule has 0 saturated heterocycles. The molecule has 7 atom stereocenters. The number of hydrogen-bond acceptors (Lipinski definition) is 3. The first kappa shape index (κ1) is 26.6. The van der Waals surface area contributed by atoms with Gasteiger partial charge in [0.2, 0.25) is 0 Å². The Morgan fingerprint density at radius 1 is 0.971 bits per heavy atom. The monoisotopic (exact) mass is 480 g/mol. The summed E-state index contributed by atoms with van der Waals surface area (Å²) in [5, 5.41) is 11.3. The predicted octanol–water partition coefficient (Wildman–Crippen LogP) is 7.17. The largest absolute Gasteiger partial charge is 0.390 e. The molecule has 5 rings (SSSR count). The Morgan fingerprint density at radius 2 is 1.66 bits per heavy atom. The summed E-state index contributed by atoms with van der Waals surface area (Å²) in [5.41, 5.74) is 2.64. The number of unbranched alkanes of at least 4 members (excludes halogenated alkanes) is 1. The van der Waals surface area contributed by atoms with Gasteiger partial charge in [-0.05, 0) is 111 Å². The van der Waals surface area contributed by atoms with Gasteiger partial charge in [-0.1, -0.05) is 56.2 Å². The van der Waals surface area contributed by atoms with E-state index in [2.05, 4.69) is 61.9 Å². The van der Waals surface area contributed by atoms with Crippen LogP contribution in [0.5, 0.6) is 0 Å². The number of fused-ring (bicyclic) bond motifs is 5. The number of carbonyl (C=O) groups is 1. The van der Waals surface area contributed by atoms with E-state index in [1.165, 1.54) is 43.2 Å². The molecular formula is C32H48O3. The molecule has 35 heavy (non-hydrogen) atoms. The minimum atomic E-state index is -0.528. The van der Waals surface area contributed by atoms with Crippen LogP contribution in [0.3, 0.4) is 0 Å². The highest BCUT2D eigenvalue weighted by Gasteiger charge is 2.64. The van der Waals surface area contributed by atoms with Gasteiger partial charge in [-0.2, -0.15) is 0 Å². The molecule has 1 aromatic rings. The third-order valence-corrected chi connectivity index (χ3v) is 10.8. The van der Waals surface area contributed by atoms with E-state index in [0.717, 1.165) is 38.5 Å². The Morgan fingerprint density at radius 3 is 2.37 bits per heavy atom. The molecule has 0 spiro atoms. The van der Waals surface area contributed by atoms with Crippen molar-refractivity contribution in [1.29, 1.82) is 0 Å². The molecule has 0 radical (unpaired) electrons. The molecule has 0 aliphatic heterocycles. The fraction of sp³-hybridized carbons (Fsp3) is 0.719. The van der Waals surface area contributed by atoms with Crippen LogP contribution >= 0.6 is 0 Å². The lowest BCUT2D eigenvalue weighted by Crippen LogP contribution is -2.56. The van der Waals surface area contributed by atoms with Crippen molar-refractivity contribution >= 4 is 5.78 Å². The molecule has 0 amide bonds. The number of allylic oxidation sites excluding steroid dienone is 1. The van der Waals surface area contributed by atoms with Gasteiger partial charge in [0.25, 0.3) is 0 Å². The highest BCUT2D eigenvalue weighted by atomic mass is 16.4. The standard InChI is InChI=1S/C30H42O2.C2H6O/c1-28-16-13-24(31)20-23(28)19-22(12-8-7-11-21-9-5-4-6-10-21)27-25(28)14-17-29(2)26(27)15-18-30(29,3)32;1-3-2/h4-6,9-10,20,22,25-27,32H,7-8,11-19H2,1-3H3;1-2H3/t22-,25?,26?,27?,28+,29+,30+;/m1./s1. The number of aryl methyl sites for hydroxylation is 1. The quantitative estimate of drug-likeness (QED) is 0.454. The third-order valence-electron chi connectivity index (χ3n) is 10.8.